The van der Waals surface area contributed by atoms with Crippen LogP contribution in [0.4, 0.5) is 0 Å². The lowest BCUT2D eigenvalue weighted by atomic mass is 10.0. The van der Waals surface area contributed by atoms with Crippen LogP contribution in [0.2, 0.25) is 0 Å². The standard InChI is InChI=1S/C18H24N4O2/c1-12(13(2)19)17(23)21-7-9-22(10-8-21)18(24)16-11-14-5-3-4-6-15(14)20-16/h3-6,11-13,20H,7-10,19H2,1-2H3. The van der Waals surface area contributed by atoms with E-state index in [-0.39, 0.29) is 23.8 Å². The third-order valence-electron chi connectivity index (χ3n) is 4.82. The van der Waals surface area contributed by atoms with E-state index in [2.05, 4.69) is 4.98 Å². The summed E-state index contributed by atoms with van der Waals surface area (Å²) in [6.45, 7) is 5.91. The summed E-state index contributed by atoms with van der Waals surface area (Å²) < 4.78 is 0. The fourth-order valence-corrected chi connectivity index (χ4v) is 3.00. The van der Waals surface area contributed by atoms with Gasteiger partial charge in [0.25, 0.3) is 5.91 Å². The number of carbonyl (C=O) groups is 2. The number of nitrogens with zero attached hydrogens (tertiary/aromatic N) is 2. The van der Waals surface area contributed by atoms with Gasteiger partial charge in [0.15, 0.2) is 0 Å². The Balaban J connectivity index is 1.64. The van der Waals surface area contributed by atoms with Crippen LogP contribution in [0.15, 0.2) is 30.3 Å². The number of para-hydroxylation sites is 1. The van der Waals surface area contributed by atoms with Gasteiger partial charge in [-0.2, -0.15) is 0 Å². The quantitative estimate of drug-likeness (QED) is 0.894. The number of aromatic nitrogens is 1. The van der Waals surface area contributed by atoms with Gasteiger partial charge >= 0.3 is 0 Å². The van der Waals surface area contributed by atoms with Crippen molar-refractivity contribution in [2.45, 2.75) is 19.9 Å². The third kappa shape index (κ3) is 3.14. The molecule has 1 fully saturated rings. The number of fused-ring (bicyclic) bond motifs is 1. The molecule has 2 aromatic rings. The average molecular weight is 328 g/mol. The SMILES string of the molecule is CC(N)C(C)C(=O)N1CCN(C(=O)c2cc3ccccc3[nH]2)CC1. The molecule has 2 atom stereocenters. The molecule has 1 aliphatic rings. The summed E-state index contributed by atoms with van der Waals surface area (Å²) in [6, 6.07) is 9.55. The zero-order chi connectivity index (χ0) is 17.3. The number of nitrogens with one attached hydrogen (secondary N) is 1. The zero-order valence-corrected chi connectivity index (χ0v) is 14.2. The number of hydrogen-bond donors (Lipinski definition) is 2. The molecule has 1 aromatic carbocycles. The van der Waals surface area contributed by atoms with Crippen LogP contribution in [0.5, 0.6) is 0 Å². The Morgan fingerprint density at radius 3 is 2.33 bits per heavy atom. The van der Waals surface area contributed by atoms with E-state index in [1.54, 1.807) is 4.90 Å². The van der Waals surface area contributed by atoms with Gasteiger partial charge in [0.1, 0.15) is 5.69 Å². The van der Waals surface area contributed by atoms with Crippen molar-refractivity contribution in [3.63, 3.8) is 0 Å². The zero-order valence-electron chi connectivity index (χ0n) is 14.2. The lowest BCUT2D eigenvalue weighted by Gasteiger charge is -2.36. The number of amides is 2. The van der Waals surface area contributed by atoms with Gasteiger partial charge in [-0.15, -0.1) is 0 Å². The second-order valence-corrected chi connectivity index (χ2v) is 6.54. The lowest BCUT2D eigenvalue weighted by molar-refractivity contribution is -0.137. The summed E-state index contributed by atoms with van der Waals surface area (Å²) in [5, 5.41) is 1.03. The molecular formula is C18H24N4O2. The molecule has 1 aliphatic heterocycles. The van der Waals surface area contributed by atoms with E-state index in [0.29, 0.717) is 31.9 Å². The fourth-order valence-electron chi connectivity index (χ4n) is 3.00. The second-order valence-electron chi connectivity index (χ2n) is 6.54. The fraction of sp³-hybridized carbons (Fsp3) is 0.444. The number of hydrogen-bond acceptors (Lipinski definition) is 3. The first-order valence-corrected chi connectivity index (χ1v) is 8.39. The predicted octanol–water partition coefficient (Wildman–Crippen LogP) is 1.44. The first kappa shape index (κ1) is 16.5. The molecule has 0 aliphatic carbocycles. The number of nitrogens with two attached hydrogens (primary N) is 1. The van der Waals surface area contributed by atoms with E-state index >= 15 is 0 Å². The molecule has 0 bridgehead atoms. The first-order valence-electron chi connectivity index (χ1n) is 8.39. The van der Waals surface area contributed by atoms with Gasteiger partial charge < -0.3 is 20.5 Å². The van der Waals surface area contributed by atoms with Crippen molar-refractivity contribution in [3.05, 3.63) is 36.0 Å². The van der Waals surface area contributed by atoms with Gasteiger partial charge in [-0.1, -0.05) is 25.1 Å². The van der Waals surface area contributed by atoms with E-state index in [0.717, 1.165) is 10.9 Å². The second kappa shape index (κ2) is 6.65. The Hall–Kier alpha value is -2.34. The molecule has 6 heteroatoms. The highest BCUT2D eigenvalue weighted by Gasteiger charge is 2.29. The Labute approximate surface area is 141 Å². The van der Waals surface area contributed by atoms with Crippen LogP contribution in [-0.4, -0.2) is 58.8 Å². The van der Waals surface area contributed by atoms with Gasteiger partial charge in [-0.25, -0.2) is 0 Å². The van der Waals surface area contributed by atoms with Crippen molar-refractivity contribution in [1.82, 2.24) is 14.8 Å². The maximum absolute atomic E-state index is 12.7. The molecular weight excluding hydrogens is 304 g/mol. The number of carbonyl (C=O) groups excluding carboxylic acids is 2. The van der Waals surface area contributed by atoms with Crippen molar-refractivity contribution in [2.75, 3.05) is 26.2 Å². The maximum atomic E-state index is 12.7. The molecule has 1 aromatic heterocycles. The number of piperazine rings is 1. The molecule has 0 spiro atoms. The maximum Gasteiger partial charge on any atom is 0.270 e. The molecule has 2 amide bonds. The minimum atomic E-state index is -0.194. The number of benzene rings is 1. The highest BCUT2D eigenvalue weighted by atomic mass is 16.2. The molecule has 24 heavy (non-hydrogen) atoms. The Kier molecular flexibility index (Phi) is 4.57. The largest absolute Gasteiger partial charge is 0.351 e. The Bertz CT molecular complexity index is 711. The molecule has 3 rings (SSSR count). The van der Waals surface area contributed by atoms with Crippen LogP contribution in [-0.2, 0) is 4.79 Å². The summed E-state index contributed by atoms with van der Waals surface area (Å²) in [5.41, 5.74) is 7.37. The van der Waals surface area contributed by atoms with Crippen molar-refractivity contribution < 1.29 is 9.59 Å². The highest BCUT2D eigenvalue weighted by molar-refractivity contribution is 5.98. The van der Waals surface area contributed by atoms with Gasteiger partial charge in [-0.05, 0) is 19.1 Å². The Morgan fingerprint density at radius 1 is 1.08 bits per heavy atom. The molecule has 128 valence electrons. The van der Waals surface area contributed by atoms with E-state index in [1.165, 1.54) is 0 Å². The number of H-pyrrole nitrogens is 1. The lowest BCUT2D eigenvalue weighted by Crippen LogP contribution is -2.53. The third-order valence-corrected chi connectivity index (χ3v) is 4.82. The van der Waals surface area contributed by atoms with E-state index in [9.17, 15) is 9.59 Å². The highest BCUT2D eigenvalue weighted by Crippen LogP contribution is 2.17. The van der Waals surface area contributed by atoms with Gasteiger partial charge in [-0.3, -0.25) is 9.59 Å². The molecule has 3 N–H and O–H groups in total. The predicted molar refractivity (Wildman–Crippen MR) is 93.6 cm³/mol. The monoisotopic (exact) mass is 328 g/mol. The van der Waals surface area contributed by atoms with Gasteiger partial charge in [0.05, 0.1) is 5.92 Å². The minimum Gasteiger partial charge on any atom is -0.351 e. The van der Waals surface area contributed by atoms with Crippen LogP contribution in [0.1, 0.15) is 24.3 Å². The van der Waals surface area contributed by atoms with Crippen molar-refractivity contribution in [1.29, 1.82) is 0 Å². The minimum absolute atomic E-state index is 0.0152. The van der Waals surface area contributed by atoms with Crippen LogP contribution >= 0.6 is 0 Å². The smallest absolute Gasteiger partial charge is 0.270 e. The summed E-state index contributed by atoms with van der Waals surface area (Å²) >= 11 is 0. The molecule has 1 saturated heterocycles. The molecule has 2 unspecified atom stereocenters. The normalized spacial score (nSPS) is 17.8. The van der Waals surface area contributed by atoms with E-state index in [4.69, 9.17) is 5.73 Å². The number of rotatable bonds is 3. The molecule has 0 radical (unpaired) electrons. The van der Waals surface area contributed by atoms with Crippen LogP contribution in [0.25, 0.3) is 10.9 Å². The van der Waals surface area contributed by atoms with Crippen LogP contribution in [0, 0.1) is 5.92 Å². The van der Waals surface area contributed by atoms with Crippen LogP contribution in [0.3, 0.4) is 0 Å². The average Bonchev–Trinajstić information content (AvgIpc) is 3.04. The molecule has 0 saturated carbocycles. The van der Waals surface area contributed by atoms with Crippen molar-refractivity contribution in [2.24, 2.45) is 11.7 Å². The summed E-state index contributed by atoms with van der Waals surface area (Å²) in [7, 11) is 0. The first-order chi connectivity index (χ1) is 11.5. The topological polar surface area (TPSA) is 82.4 Å². The van der Waals surface area contributed by atoms with Crippen LogP contribution < -0.4 is 5.73 Å². The summed E-state index contributed by atoms with van der Waals surface area (Å²) in [6.07, 6.45) is 0. The van der Waals surface area contributed by atoms with Crippen molar-refractivity contribution in [3.8, 4) is 0 Å². The van der Waals surface area contributed by atoms with E-state index in [1.807, 2.05) is 49.1 Å². The van der Waals surface area contributed by atoms with Crippen molar-refractivity contribution >= 4 is 22.7 Å². The van der Waals surface area contributed by atoms with E-state index < -0.39 is 0 Å². The van der Waals surface area contributed by atoms with Gasteiger partial charge in [0.2, 0.25) is 5.91 Å². The summed E-state index contributed by atoms with van der Waals surface area (Å²) in [5.74, 6) is -0.137. The molecule has 2 heterocycles. The molecule has 6 nitrogen and oxygen atoms in total. The van der Waals surface area contributed by atoms with Gasteiger partial charge in [0, 0.05) is 43.1 Å². The Morgan fingerprint density at radius 2 is 1.71 bits per heavy atom. The summed E-state index contributed by atoms with van der Waals surface area (Å²) in [4.78, 5) is 31.8. The number of aromatic amines is 1.